The number of anilines is 3. The molecule has 2 aromatic heterocycles. The first-order valence-corrected chi connectivity index (χ1v) is 15.3. The molecule has 3 nitrogen and oxygen atoms in total. The first kappa shape index (κ1) is 24.4. The molecule has 0 amide bonds. The number of furan rings is 2. The van der Waals surface area contributed by atoms with Gasteiger partial charge in [0.2, 0.25) is 0 Å². The second-order valence-electron chi connectivity index (χ2n) is 11.7. The third-order valence-corrected chi connectivity index (χ3v) is 9.21. The lowest BCUT2D eigenvalue weighted by Gasteiger charge is -2.28. The summed E-state index contributed by atoms with van der Waals surface area (Å²) in [5.41, 5.74) is 6.83. The molecule has 8 aromatic carbocycles. The second-order valence-corrected chi connectivity index (χ2v) is 11.7. The maximum atomic E-state index is 6.50. The maximum absolute atomic E-state index is 6.50. The molecule has 10 rings (SSSR count). The molecular weight excluding hydrogens is 550 g/mol. The molecular formula is C42H25NO2. The Balaban J connectivity index is 1.31. The van der Waals surface area contributed by atoms with Crippen LogP contribution in [0.15, 0.2) is 160 Å². The van der Waals surface area contributed by atoms with Crippen LogP contribution in [-0.2, 0) is 0 Å². The van der Waals surface area contributed by atoms with Crippen LogP contribution in [0.25, 0.3) is 76.2 Å². The fraction of sp³-hybridized carbons (Fsp3) is 0. The summed E-state index contributed by atoms with van der Waals surface area (Å²) < 4.78 is 12.7. The third kappa shape index (κ3) is 3.58. The van der Waals surface area contributed by atoms with E-state index < -0.39 is 0 Å². The van der Waals surface area contributed by atoms with Gasteiger partial charge < -0.3 is 13.7 Å². The van der Waals surface area contributed by atoms with E-state index in [1.807, 2.05) is 24.3 Å². The predicted molar refractivity (Wildman–Crippen MR) is 188 cm³/mol. The second kappa shape index (κ2) is 9.22. The minimum Gasteiger partial charge on any atom is -0.456 e. The van der Waals surface area contributed by atoms with E-state index >= 15 is 0 Å². The van der Waals surface area contributed by atoms with Crippen molar-refractivity contribution in [1.82, 2.24) is 0 Å². The number of benzene rings is 8. The van der Waals surface area contributed by atoms with E-state index in [9.17, 15) is 0 Å². The van der Waals surface area contributed by atoms with Crippen molar-refractivity contribution in [3.63, 3.8) is 0 Å². The van der Waals surface area contributed by atoms with Gasteiger partial charge in [0.1, 0.15) is 22.3 Å². The summed E-state index contributed by atoms with van der Waals surface area (Å²) >= 11 is 0. The van der Waals surface area contributed by atoms with Gasteiger partial charge in [-0.05, 0) is 76.1 Å². The van der Waals surface area contributed by atoms with Gasteiger partial charge in [0.05, 0.1) is 5.69 Å². The van der Waals surface area contributed by atoms with Crippen LogP contribution >= 0.6 is 0 Å². The molecule has 0 aliphatic rings. The van der Waals surface area contributed by atoms with Crippen LogP contribution in [0.4, 0.5) is 17.1 Å². The highest BCUT2D eigenvalue weighted by molar-refractivity contribution is 6.17. The van der Waals surface area contributed by atoms with E-state index in [0.717, 1.165) is 71.7 Å². The summed E-state index contributed by atoms with van der Waals surface area (Å²) in [6.07, 6.45) is 0. The van der Waals surface area contributed by atoms with Gasteiger partial charge >= 0.3 is 0 Å². The van der Waals surface area contributed by atoms with Gasteiger partial charge in [-0.1, -0.05) is 97.1 Å². The van der Waals surface area contributed by atoms with E-state index in [1.54, 1.807) is 0 Å². The fourth-order valence-corrected chi connectivity index (χ4v) is 7.13. The molecule has 0 saturated heterocycles. The lowest BCUT2D eigenvalue weighted by Crippen LogP contribution is -2.10. The summed E-state index contributed by atoms with van der Waals surface area (Å²) in [6.45, 7) is 0. The van der Waals surface area contributed by atoms with E-state index in [4.69, 9.17) is 8.83 Å². The zero-order valence-corrected chi connectivity index (χ0v) is 24.2. The Kier molecular flexibility index (Phi) is 5.00. The first-order chi connectivity index (χ1) is 22.3. The molecule has 0 saturated carbocycles. The van der Waals surface area contributed by atoms with Crippen LogP contribution in [0.5, 0.6) is 0 Å². The van der Waals surface area contributed by atoms with Crippen molar-refractivity contribution < 1.29 is 8.83 Å². The Labute approximate surface area is 258 Å². The number of rotatable bonds is 3. The Hall–Kier alpha value is -6.06. The van der Waals surface area contributed by atoms with Crippen LogP contribution in [0.2, 0.25) is 0 Å². The molecule has 3 heteroatoms. The fourth-order valence-electron chi connectivity index (χ4n) is 7.13. The Morgan fingerprint density at radius 1 is 0.333 bits per heavy atom. The van der Waals surface area contributed by atoms with Gasteiger partial charge in [-0.25, -0.2) is 0 Å². The monoisotopic (exact) mass is 575 g/mol. The number of hydrogen-bond acceptors (Lipinski definition) is 3. The number of hydrogen-bond donors (Lipinski definition) is 0. The van der Waals surface area contributed by atoms with Gasteiger partial charge in [-0.2, -0.15) is 0 Å². The molecule has 0 aliphatic carbocycles. The van der Waals surface area contributed by atoms with Crippen molar-refractivity contribution >= 4 is 93.3 Å². The van der Waals surface area contributed by atoms with Crippen LogP contribution in [0, 0.1) is 0 Å². The van der Waals surface area contributed by atoms with Crippen LogP contribution in [0.3, 0.4) is 0 Å². The molecule has 0 bridgehead atoms. The number of para-hydroxylation sites is 2. The largest absolute Gasteiger partial charge is 0.456 e. The van der Waals surface area contributed by atoms with Crippen LogP contribution in [-0.4, -0.2) is 0 Å². The molecule has 0 unspecified atom stereocenters. The molecule has 0 aliphatic heterocycles. The highest BCUT2D eigenvalue weighted by Crippen LogP contribution is 2.45. The molecule has 0 radical (unpaired) electrons. The molecule has 210 valence electrons. The molecule has 45 heavy (non-hydrogen) atoms. The highest BCUT2D eigenvalue weighted by atomic mass is 16.3. The third-order valence-electron chi connectivity index (χ3n) is 9.21. The average molecular weight is 576 g/mol. The summed E-state index contributed by atoms with van der Waals surface area (Å²) in [4.78, 5) is 2.39. The maximum Gasteiger partial charge on any atom is 0.143 e. The molecule has 0 spiro atoms. The quantitative estimate of drug-likeness (QED) is 0.196. The molecule has 10 aromatic rings. The van der Waals surface area contributed by atoms with Gasteiger partial charge in [-0.3, -0.25) is 0 Å². The summed E-state index contributed by atoms with van der Waals surface area (Å²) in [5.74, 6) is 0. The Morgan fingerprint density at radius 3 is 1.73 bits per heavy atom. The molecule has 0 fully saturated rings. The van der Waals surface area contributed by atoms with Gasteiger partial charge in [0, 0.05) is 43.7 Å². The topological polar surface area (TPSA) is 29.5 Å². The smallest absolute Gasteiger partial charge is 0.143 e. The lowest BCUT2D eigenvalue weighted by atomic mass is 9.98. The average Bonchev–Trinajstić information content (AvgIpc) is 3.67. The Bertz CT molecular complexity index is 2780. The van der Waals surface area contributed by atoms with Crippen molar-refractivity contribution in [1.29, 1.82) is 0 Å². The molecule has 0 atom stereocenters. The van der Waals surface area contributed by atoms with Crippen molar-refractivity contribution in [3.05, 3.63) is 152 Å². The summed E-state index contributed by atoms with van der Waals surface area (Å²) in [6, 6.07) is 53.8. The normalized spacial score (nSPS) is 12.0. The predicted octanol–water partition coefficient (Wildman–Crippen LogP) is 12.4. The minimum atomic E-state index is 0.880. The zero-order chi connectivity index (χ0) is 29.5. The van der Waals surface area contributed by atoms with E-state index in [2.05, 4.69) is 132 Å². The minimum absolute atomic E-state index is 0.880. The van der Waals surface area contributed by atoms with Crippen LogP contribution in [0.1, 0.15) is 0 Å². The Morgan fingerprint density at radius 2 is 0.911 bits per heavy atom. The molecule has 2 heterocycles. The molecule has 0 N–H and O–H groups in total. The lowest BCUT2D eigenvalue weighted by molar-refractivity contribution is 0.669. The van der Waals surface area contributed by atoms with Crippen molar-refractivity contribution in [2.45, 2.75) is 0 Å². The van der Waals surface area contributed by atoms with Crippen LogP contribution < -0.4 is 4.90 Å². The van der Waals surface area contributed by atoms with Crippen molar-refractivity contribution in [2.75, 3.05) is 4.90 Å². The number of nitrogens with zero attached hydrogens (tertiary/aromatic N) is 1. The number of fused-ring (bicyclic) bond motifs is 11. The van der Waals surface area contributed by atoms with Gasteiger partial charge in [0.25, 0.3) is 0 Å². The SMILES string of the molecule is c1ccc2c(c1)cc(N(c1ccc3oc4ccccc4c3c1)c1ccc3ccc4c5ccccc5oc4c3c1)c1ccccc12. The van der Waals surface area contributed by atoms with Crippen molar-refractivity contribution in [3.8, 4) is 0 Å². The van der Waals surface area contributed by atoms with E-state index in [1.165, 1.54) is 21.5 Å². The van der Waals surface area contributed by atoms with Gasteiger partial charge in [0.15, 0.2) is 0 Å². The summed E-state index contributed by atoms with van der Waals surface area (Å²) in [7, 11) is 0. The highest BCUT2D eigenvalue weighted by Gasteiger charge is 2.20. The first-order valence-electron chi connectivity index (χ1n) is 15.3. The van der Waals surface area contributed by atoms with E-state index in [-0.39, 0.29) is 0 Å². The standard InChI is InChI=1S/C42H25NO2/c1-2-10-30-27(9-1)23-38(32-12-4-3-11-31(30)32)43(29-20-22-41-37(25-29)34-14-6-7-15-39(34)44-41)28-19-17-26-18-21-35-33-13-5-8-16-40(33)45-42(35)36(26)24-28/h1-25H. The van der Waals surface area contributed by atoms with Gasteiger partial charge in [-0.15, -0.1) is 0 Å². The van der Waals surface area contributed by atoms with E-state index in [0.29, 0.717) is 0 Å². The van der Waals surface area contributed by atoms with Crippen molar-refractivity contribution in [2.24, 2.45) is 0 Å². The summed E-state index contributed by atoms with van der Waals surface area (Å²) in [5, 5.41) is 11.6. The zero-order valence-electron chi connectivity index (χ0n) is 24.2.